The summed E-state index contributed by atoms with van der Waals surface area (Å²) >= 11 is 0. The van der Waals surface area contributed by atoms with Crippen LogP contribution in [-0.2, 0) is 9.53 Å². The van der Waals surface area contributed by atoms with Crippen LogP contribution in [0.1, 0.15) is 52.9 Å². The minimum atomic E-state index is -0.654. The van der Waals surface area contributed by atoms with E-state index in [1.54, 1.807) is 0 Å². The van der Waals surface area contributed by atoms with E-state index in [-0.39, 0.29) is 5.91 Å². The number of anilines is 2. The largest absolute Gasteiger partial charge is 0.444 e. The van der Waals surface area contributed by atoms with Gasteiger partial charge in [-0.15, -0.1) is 0 Å². The highest BCUT2D eigenvalue weighted by atomic mass is 16.6. The van der Waals surface area contributed by atoms with Crippen LogP contribution in [0.15, 0.2) is 24.3 Å². The quantitative estimate of drug-likeness (QED) is 0.845. The molecule has 1 aromatic rings. The van der Waals surface area contributed by atoms with E-state index in [1.807, 2.05) is 45.0 Å². The molecular weight excluding hydrogens is 330 g/mol. The Labute approximate surface area is 155 Å². The number of ether oxygens (including phenoxy) is 1. The van der Waals surface area contributed by atoms with E-state index >= 15 is 0 Å². The Morgan fingerprint density at radius 1 is 1.19 bits per heavy atom. The first-order valence-corrected chi connectivity index (χ1v) is 9.49. The summed E-state index contributed by atoms with van der Waals surface area (Å²) in [4.78, 5) is 27.2. The van der Waals surface area contributed by atoms with E-state index in [2.05, 4.69) is 15.5 Å². The molecule has 6 heteroatoms. The molecule has 1 atom stereocenters. The minimum absolute atomic E-state index is 0.207. The van der Waals surface area contributed by atoms with Crippen molar-refractivity contribution in [2.75, 3.05) is 16.8 Å². The Balaban J connectivity index is 1.82. The van der Waals surface area contributed by atoms with Crippen LogP contribution < -0.4 is 15.5 Å². The lowest BCUT2D eigenvalue weighted by atomic mass is 9.93. The van der Waals surface area contributed by atoms with Crippen LogP contribution in [0.3, 0.4) is 0 Å². The Bertz CT molecular complexity index is 663. The van der Waals surface area contributed by atoms with Crippen LogP contribution in [0.25, 0.3) is 0 Å². The van der Waals surface area contributed by atoms with E-state index < -0.39 is 17.7 Å². The molecule has 1 unspecified atom stereocenters. The van der Waals surface area contributed by atoms with Gasteiger partial charge in [-0.25, -0.2) is 4.79 Å². The number of fused-ring (bicyclic) bond motifs is 1. The molecule has 0 spiro atoms. The molecule has 2 aliphatic rings. The Hall–Kier alpha value is -2.24. The average Bonchev–Trinajstić information content (AvgIpc) is 2.71. The molecule has 1 aliphatic heterocycles. The molecule has 2 amide bonds. The molecule has 1 heterocycles. The second-order valence-electron chi connectivity index (χ2n) is 8.15. The average molecular weight is 359 g/mol. The highest BCUT2D eigenvalue weighted by Crippen LogP contribution is 2.34. The van der Waals surface area contributed by atoms with Crippen LogP contribution in [0, 0.1) is 0 Å². The molecule has 1 aromatic carbocycles. The van der Waals surface area contributed by atoms with Gasteiger partial charge >= 0.3 is 6.09 Å². The molecule has 1 fully saturated rings. The Morgan fingerprint density at radius 3 is 2.58 bits per heavy atom. The predicted octanol–water partition coefficient (Wildman–Crippen LogP) is 3.67. The summed E-state index contributed by atoms with van der Waals surface area (Å²) in [7, 11) is 0. The van der Waals surface area contributed by atoms with E-state index in [0.29, 0.717) is 12.6 Å². The Kier molecular flexibility index (Phi) is 5.39. The van der Waals surface area contributed by atoms with Gasteiger partial charge in [-0.05, 0) is 45.7 Å². The van der Waals surface area contributed by atoms with Crippen molar-refractivity contribution in [2.24, 2.45) is 0 Å². The zero-order chi connectivity index (χ0) is 18.7. The maximum absolute atomic E-state index is 12.7. The van der Waals surface area contributed by atoms with Crippen LogP contribution >= 0.6 is 0 Å². The first kappa shape index (κ1) is 18.5. The molecule has 0 saturated heterocycles. The van der Waals surface area contributed by atoms with Gasteiger partial charge in [-0.1, -0.05) is 31.4 Å². The number of nitrogens with zero attached hydrogens (tertiary/aromatic N) is 1. The summed E-state index contributed by atoms with van der Waals surface area (Å²) in [5.41, 5.74) is 1.23. The lowest BCUT2D eigenvalue weighted by Crippen LogP contribution is -2.52. The molecule has 0 bridgehead atoms. The van der Waals surface area contributed by atoms with Crippen LogP contribution in [-0.4, -0.2) is 36.2 Å². The second-order valence-corrected chi connectivity index (χ2v) is 8.15. The van der Waals surface area contributed by atoms with Crippen molar-refractivity contribution in [3.63, 3.8) is 0 Å². The fourth-order valence-corrected chi connectivity index (χ4v) is 3.73. The second kappa shape index (κ2) is 7.56. The van der Waals surface area contributed by atoms with Gasteiger partial charge in [-0.3, -0.25) is 4.79 Å². The lowest BCUT2D eigenvalue weighted by molar-refractivity contribution is -0.117. The third-order valence-corrected chi connectivity index (χ3v) is 4.87. The number of para-hydroxylation sites is 2. The first-order valence-electron chi connectivity index (χ1n) is 9.49. The van der Waals surface area contributed by atoms with Crippen molar-refractivity contribution < 1.29 is 14.3 Å². The number of carbonyl (C=O) groups is 2. The van der Waals surface area contributed by atoms with Gasteiger partial charge in [0, 0.05) is 12.6 Å². The van der Waals surface area contributed by atoms with E-state index in [4.69, 9.17) is 4.74 Å². The zero-order valence-corrected chi connectivity index (χ0v) is 15.9. The molecule has 6 nitrogen and oxygen atoms in total. The molecular formula is C20H29N3O3. The van der Waals surface area contributed by atoms with Crippen molar-refractivity contribution in [1.82, 2.24) is 5.32 Å². The lowest BCUT2D eigenvalue weighted by Gasteiger charge is -2.37. The van der Waals surface area contributed by atoms with Gasteiger partial charge in [0.2, 0.25) is 5.91 Å². The molecule has 2 N–H and O–H groups in total. The van der Waals surface area contributed by atoms with Gasteiger partial charge in [0.25, 0.3) is 0 Å². The molecule has 1 aliphatic carbocycles. The molecule has 0 aromatic heterocycles. The summed E-state index contributed by atoms with van der Waals surface area (Å²) in [5.74, 6) is -0.207. The van der Waals surface area contributed by atoms with Gasteiger partial charge < -0.3 is 20.3 Å². The maximum atomic E-state index is 12.7. The smallest absolute Gasteiger partial charge is 0.408 e. The van der Waals surface area contributed by atoms with E-state index in [1.165, 1.54) is 19.3 Å². The molecule has 26 heavy (non-hydrogen) atoms. The SMILES string of the molecule is CC(C)(C)OC(=O)NC1CN(C2CCCCC2)c2ccccc2NC1=O. The Morgan fingerprint density at radius 2 is 1.88 bits per heavy atom. The number of rotatable bonds is 2. The fourth-order valence-electron chi connectivity index (χ4n) is 3.73. The molecule has 3 rings (SSSR count). The molecule has 1 saturated carbocycles. The summed E-state index contributed by atoms with van der Waals surface area (Å²) in [6.45, 7) is 5.88. The number of nitrogens with one attached hydrogen (secondary N) is 2. The number of hydrogen-bond donors (Lipinski definition) is 2. The van der Waals surface area contributed by atoms with Crippen molar-refractivity contribution in [2.45, 2.75) is 70.6 Å². The van der Waals surface area contributed by atoms with E-state index in [0.717, 1.165) is 24.2 Å². The van der Waals surface area contributed by atoms with E-state index in [9.17, 15) is 9.59 Å². The highest BCUT2D eigenvalue weighted by Gasteiger charge is 2.33. The maximum Gasteiger partial charge on any atom is 0.408 e. The third-order valence-electron chi connectivity index (χ3n) is 4.87. The van der Waals surface area contributed by atoms with Crippen molar-refractivity contribution >= 4 is 23.4 Å². The summed E-state index contributed by atoms with van der Waals surface area (Å²) < 4.78 is 5.34. The van der Waals surface area contributed by atoms with Crippen LogP contribution in [0.5, 0.6) is 0 Å². The number of amides is 2. The number of hydrogen-bond acceptors (Lipinski definition) is 4. The monoisotopic (exact) mass is 359 g/mol. The fraction of sp³-hybridized carbons (Fsp3) is 0.600. The van der Waals surface area contributed by atoms with Crippen molar-refractivity contribution in [1.29, 1.82) is 0 Å². The number of benzene rings is 1. The third kappa shape index (κ3) is 4.48. The highest BCUT2D eigenvalue weighted by molar-refractivity contribution is 6.01. The van der Waals surface area contributed by atoms with Crippen molar-refractivity contribution in [3.8, 4) is 0 Å². The van der Waals surface area contributed by atoms with Crippen LogP contribution in [0.4, 0.5) is 16.2 Å². The molecule has 0 radical (unpaired) electrons. The van der Waals surface area contributed by atoms with Crippen molar-refractivity contribution in [3.05, 3.63) is 24.3 Å². The standard InChI is InChI=1S/C20H29N3O3/c1-20(2,3)26-19(25)22-16-13-23(14-9-5-4-6-10-14)17-12-8-7-11-15(17)21-18(16)24/h7-8,11-12,14,16H,4-6,9-10,13H2,1-3H3,(H,21,24)(H,22,25). The number of carbonyl (C=O) groups excluding carboxylic acids is 2. The van der Waals surface area contributed by atoms with Gasteiger partial charge in [0.15, 0.2) is 0 Å². The molecule has 142 valence electrons. The first-order chi connectivity index (χ1) is 12.3. The normalized spacial score (nSPS) is 21.4. The van der Waals surface area contributed by atoms with Gasteiger partial charge in [0.1, 0.15) is 11.6 Å². The summed E-state index contributed by atoms with van der Waals surface area (Å²) in [6.07, 6.45) is 5.34. The summed E-state index contributed by atoms with van der Waals surface area (Å²) in [6, 6.07) is 7.60. The summed E-state index contributed by atoms with van der Waals surface area (Å²) in [5, 5.41) is 5.71. The zero-order valence-electron chi connectivity index (χ0n) is 15.9. The topological polar surface area (TPSA) is 70.7 Å². The van der Waals surface area contributed by atoms with Gasteiger partial charge in [-0.2, -0.15) is 0 Å². The van der Waals surface area contributed by atoms with Crippen LogP contribution in [0.2, 0.25) is 0 Å². The predicted molar refractivity (Wildman–Crippen MR) is 102 cm³/mol. The van der Waals surface area contributed by atoms with Gasteiger partial charge in [0.05, 0.1) is 11.4 Å². The minimum Gasteiger partial charge on any atom is -0.444 e. The number of alkyl carbamates (subject to hydrolysis) is 1.